The number of hydrogen-bond donors (Lipinski definition) is 0. The van der Waals surface area contributed by atoms with Crippen molar-refractivity contribution >= 4 is 19.0 Å². The lowest BCUT2D eigenvalue weighted by Gasteiger charge is -2.15. The van der Waals surface area contributed by atoms with Crippen molar-refractivity contribution in [1.82, 2.24) is 9.78 Å². The molecule has 0 aliphatic rings. The number of nitrogens with zero attached hydrogens (tertiary/aromatic N) is 3. The number of benzene rings is 2. The first-order valence-electron chi connectivity index (χ1n) is 9.41. The lowest BCUT2D eigenvalue weighted by atomic mass is 9.97. The van der Waals surface area contributed by atoms with E-state index in [-0.39, 0.29) is 29.2 Å². The van der Waals surface area contributed by atoms with E-state index in [2.05, 4.69) is 29.5 Å². The number of nitriles is 1. The summed E-state index contributed by atoms with van der Waals surface area (Å²) < 4.78 is 51.9. The third kappa shape index (κ3) is 5.01. The molecule has 9 heteroatoms. The van der Waals surface area contributed by atoms with Crippen LogP contribution in [0.15, 0.2) is 36.5 Å². The Kier molecular flexibility index (Phi) is 6.48. The van der Waals surface area contributed by atoms with Crippen LogP contribution in [0.2, 0.25) is 25.7 Å². The summed E-state index contributed by atoms with van der Waals surface area (Å²) in [7, 11) is -1.21. The highest BCUT2D eigenvalue weighted by atomic mass is 28.3. The van der Waals surface area contributed by atoms with Gasteiger partial charge in [-0.05, 0) is 30.3 Å². The topological polar surface area (TPSA) is 60.1 Å². The second-order valence-electron chi connectivity index (χ2n) is 8.05. The van der Waals surface area contributed by atoms with Crippen LogP contribution in [0, 0.1) is 17.1 Å². The van der Waals surface area contributed by atoms with Gasteiger partial charge in [-0.1, -0.05) is 25.7 Å². The Morgan fingerprint density at radius 1 is 1.23 bits per heavy atom. The molecule has 2 aromatic carbocycles. The highest BCUT2D eigenvalue weighted by molar-refractivity contribution is 6.76. The van der Waals surface area contributed by atoms with Gasteiger partial charge in [-0.3, -0.25) is 0 Å². The van der Waals surface area contributed by atoms with Crippen molar-refractivity contribution in [2.75, 3.05) is 6.61 Å². The van der Waals surface area contributed by atoms with E-state index in [4.69, 9.17) is 4.74 Å². The molecule has 0 bridgehead atoms. The molecular weight excluding hydrogens is 411 g/mol. The molecule has 0 saturated heterocycles. The highest BCUT2D eigenvalue weighted by Gasteiger charge is 2.20. The van der Waals surface area contributed by atoms with Crippen LogP contribution in [0.5, 0.6) is 5.75 Å². The van der Waals surface area contributed by atoms with Crippen molar-refractivity contribution in [3.8, 4) is 22.9 Å². The van der Waals surface area contributed by atoms with Gasteiger partial charge in [0.05, 0.1) is 28.9 Å². The van der Waals surface area contributed by atoms with Gasteiger partial charge in [0.1, 0.15) is 18.3 Å². The fraction of sp³-hybridized carbons (Fsp3) is 0.333. The van der Waals surface area contributed by atoms with Crippen LogP contribution in [-0.2, 0) is 11.5 Å². The molecule has 1 aromatic heterocycles. The molecule has 0 radical (unpaired) electrons. The first kappa shape index (κ1) is 21.9. The van der Waals surface area contributed by atoms with Crippen LogP contribution in [0.3, 0.4) is 0 Å². The Balaban J connectivity index is 1.97. The van der Waals surface area contributed by atoms with Crippen molar-refractivity contribution < 1.29 is 22.6 Å². The maximum absolute atomic E-state index is 14.5. The highest BCUT2D eigenvalue weighted by Crippen LogP contribution is 2.37. The maximum atomic E-state index is 14.5. The molecule has 0 N–H and O–H groups in total. The van der Waals surface area contributed by atoms with Gasteiger partial charge in [-0.15, -0.1) is 0 Å². The molecule has 0 unspecified atom stereocenters. The molecule has 0 fully saturated rings. The molecule has 0 aliphatic carbocycles. The SMILES string of the molecule is C[Si](C)(C)CCOCn1ncc2cc(-c3c(F)cccc3OC(F)F)c(C#N)cc21. The Hall–Kier alpha value is -2.83. The zero-order valence-corrected chi connectivity index (χ0v) is 18.0. The average Bonchev–Trinajstić information content (AvgIpc) is 3.05. The van der Waals surface area contributed by atoms with Crippen molar-refractivity contribution in [1.29, 1.82) is 5.26 Å². The van der Waals surface area contributed by atoms with Crippen LogP contribution in [0.4, 0.5) is 13.2 Å². The van der Waals surface area contributed by atoms with Crippen LogP contribution in [-0.4, -0.2) is 31.1 Å². The second-order valence-corrected chi connectivity index (χ2v) is 13.7. The predicted octanol–water partition coefficient (Wildman–Crippen LogP) is 5.63. The Bertz CT molecular complexity index is 1090. The van der Waals surface area contributed by atoms with Crippen molar-refractivity contribution in [3.63, 3.8) is 0 Å². The minimum Gasteiger partial charge on any atom is -0.434 e. The maximum Gasteiger partial charge on any atom is 0.387 e. The number of halogens is 3. The average molecular weight is 434 g/mol. The monoisotopic (exact) mass is 433 g/mol. The van der Waals surface area contributed by atoms with Gasteiger partial charge in [-0.25, -0.2) is 9.07 Å². The lowest BCUT2D eigenvalue weighted by molar-refractivity contribution is -0.0495. The molecular formula is C21H22F3N3O2Si. The predicted molar refractivity (Wildman–Crippen MR) is 111 cm³/mol. The molecule has 5 nitrogen and oxygen atoms in total. The van der Waals surface area contributed by atoms with Crippen LogP contribution in [0.1, 0.15) is 5.56 Å². The van der Waals surface area contributed by atoms with Crippen LogP contribution in [0.25, 0.3) is 22.0 Å². The lowest BCUT2D eigenvalue weighted by Crippen LogP contribution is -2.22. The molecule has 0 amide bonds. The largest absolute Gasteiger partial charge is 0.434 e. The molecule has 0 spiro atoms. The van der Waals surface area contributed by atoms with Gasteiger partial charge in [0, 0.05) is 25.6 Å². The quantitative estimate of drug-likeness (QED) is 0.341. The number of fused-ring (bicyclic) bond motifs is 1. The summed E-state index contributed by atoms with van der Waals surface area (Å²) in [5.41, 5.74) is 0.736. The van der Waals surface area contributed by atoms with Crippen molar-refractivity contribution in [3.05, 3.63) is 47.9 Å². The number of aromatic nitrogens is 2. The van der Waals surface area contributed by atoms with Crippen LogP contribution < -0.4 is 4.74 Å². The Morgan fingerprint density at radius 2 is 2.00 bits per heavy atom. The minimum atomic E-state index is -3.11. The van der Waals surface area contributed by atoms with Crippen LogP contribution >= 0.6 is 0 Å². The summed E-state index contributed by atoms with van der Waals surface area (Å²) in [6.07, 6.45) is 1.57. The van der Waals surface area contributed by atoms with Gasteiger partial charge in [-0.2, -0.15) is 19.1 Å². The molecule has 0 saturated carbocycles. The van der Waals surface area contributed by atoms with Gasteiger partial charge in [0.25, 0.3) is 0 Å². The van der Waals surface area contributed by atoms with E-state index in [0.29, 0.717) is 17.5 Å². The van der Waals surface area contributed by atoms with E-state index in [0.717, 1.165) is 12.1 Å². The van der Waals surface area contributed by atoms with E-state index in [1.54, 1.807) is 23.0 Å². The number of alkyl halides is 2. The van der Waals surface area contributed by atoms with E-state index >= 15 is 0 Å². The third-order valence-electron chi connectivity index (χ3n) is 4.57. The van der Waals surface area contributed by atoms with E-state index in [9.17, 15) is 18.4 Å². The molecule has 3 rings (SSSR count). The summed E-state index contributed by atoms with van der Waals surface area (Å²) >= 11 is 0. The van der Waals surface area contributed by atoms with Gasteiger partial charge >= 0.3 is 6.61 Å². The van der Waals surface area contributed by atoms with Gasteiger partial charge < -0.3 is 9.47 Å². The third-order valence-corrected chi connectivity index (χ3v) is 6.28. The summed E-state index contributed by atoms with van der Waals surface area (Å²) in [6.45, 7) is 4.50. The summed E-state index contributed by atoms with van der Waals surface area (Å²) in [5.74, 6) is -1.09. The van der Waals surface area contributed by atoms with Crippen molar-refractivity contribution in [2.45, 2.75) is 39.0 Å². The molecule has 1 heterocycles. The first-order chi connectivity index (χ1) is 14.2. The van der Waals surface area contributed by atoms with E-state index < -0.39 is 20.5 Å². The van der Waals surface area contributed by atoms with Crippen molar-refractivity contribution in [2.24, 2.45) is 0 Å². The summed E-state index contributed by atoms with van der Waals surface area (Å²) in [5, 5.41) is 14.5. The van der Waals surface area contributed by atoms with Gasteiger partial charge in [0.2, 0.25) is 0 Å². The number of ether oxygens (including phenoxy) is 2. The van der Waals surface area contributed by atoms with E-state index in [1.807, 2.05) is 6.07 Å². The van der Waals surface area contributed by atoms with Gasteiger partial charge in [0.15, 0.2) is 0 Å². The second kappa shape index (κ2) is 8.89. The standard InChI is InChI=1S/C21H22F3N3O2Si/c1-30(2,3)8-7-28-13-27-18-10-14(11-25)16(9-15(18)12-26-27)20-17(22)5-4-6-19(20)29-21(23)24/h4-6,9-10,12,21H,7-8,13H2,1-3H3. The minimum absolute atomic E-state index is 0.121. The first-order valence-corrected chi connectivity index (χ1v) is 13.1. The molecule has 30 heavy (non-hydrogen) atoms. The zero-order chi connectivity index (χ0) is 21.9. The summed E-state index contributed by atoms with van der Waals surface area (Å²) in [6, 6.07) is 9.78. The Morgan fingerprint density at radius 3 is 2.67 bits per heavy atom. The molecule has 0 atom stereocenters. The zero-order valence-electron chi connectivity index (χ0n) is 17.0. The number of hydrogen-bond acceptors (Lipinski definition) is 4. The fourth-order valence-corrected chi connectivity index (χ4v) is 3.77. The summed E-state index contributed by atoms with van der Waals surface area (Å²) in [4.78, 5) is 0. The fourth-order valence-electron chi connectivity index (χ4n) is 3.02. The smallest absolute Gasteiger partial charge is 0.387 e. The van der Waals surface area contributed by atoms with E-state index in [1.165, 1.54) is 12.1 Å². The molecule has 0 aliphatic heterocycles. The number of rotatable bonds is 8. The normalized spacial score (nSPS) is 11.8. The Labute approximate surface area is 173 Å². The molecule has 158 valence electrons. The molecule has 3 aromatic rings.